The average Bonchev–Trinajstić information content (AvgIpc) is 2.53. The predicted octanol–water partition coefficient (Wildman–Crippen LogP) is 1.47. The van der Waals surface area contributed by atoms with E-state index < -0.39 is 12.0 Å². The van der Waals surface area contributed by atoms with Crippen LogP contribution in [0.5, 0.6) is 0 Å². The van der Waals surface area contributed by atoms with Crippen LogP contribution in [0.2, 0.25) is 0 Å². The zero-order valence-electron chi connectivity index (χ0n) is 12.6. The maximum atomic E-state index is 12.0. The summed E-state index contributed by atoms with van der Waals surface area (Å²) in [5, 5.41) is 2.61. The Morgan fingerprint density at radius 2 is 1.86 bits per heavy atom. The molecule has 6 heteroatoms. The monoisotopic (exact) mass is 305 g/mol. The zero-order chi connectivity index (χ0) is 16.4. The molecule has 0 aliphatic heterocycles. The number of ether oxygens (including phenoxy) is 2. The predicted molar refractivity (Wildman–Crippen MR) is 80.1 cm³/mol. The molecule has 0 heterocycles. The number of amides is 1. The summed E-state index contributed by atoms with van der Waals surface area (Å²) in [5.74, 6) is -1.28. The maximum absolute atomic E-state index is 12.0. The number of nitrogens with one attached hydrogen (secondary N) is 1. The fraction of sp³-hybridized carbons (Fsp3) is 0.312. The van der Waals surface area contributed by atoms with Gasteiger partial charge in [-0.2, -0.15) is 0 Å². The van der Waals surface area contributed by atoms with Gasteiger partial charge in [0, 0.05) is 12.5 Å². The van der Waals surface area contributed by atoms with Crippen LogP contribution in [0.3, 0.4) is 0 Å². The molecule has 0 aromatic heterocycles. The van der Waals surface area contributed by atoms with E-state index >= 15 is 0 Å². The van der Waals surface area contributed by atoms with Crippen molar-refractivity contribution in [3.63, 3.8) is 0 Å². The number of benzene rings is 1. The second-order valence-electron chi connectivity index (χ2n) is 4.42. The van der Waals surface area contributed by atoms with Crippen molar-refractivity contribution in [3.8, 4) is 0 Å². The molecule has 1 aromatic carbocycles. The molecule has 0 saturated carbocycles. The highest BCUT2D eigenvalue weighted by atomic mass is 16.5. The fourth-order valence-electron chi connectivity index (χ4n) is 1.65. The Bertz CT molecular complexity index is 539. The van der Waals surface area contributed by atoms with Gasteiger partial charge >= 0.3 is 11.9 Å². The summed E-state index contributed by atoms with van der Waals surface area (Å²) in [6, 6.07) is 7.78. The summed E-state index contributed by atoms with van der Waals surface area (Å²) < 4.78 is 9.40. The number of esters is 2. The second-order valence-corrected chi connectivity index (χ2v) is 4.42. The van der Waals surface area contributed by atoms with E-state index in [1.54, 1.807) is 42.5 Å². The Morgan fingerprint density at radius 1 is 1.18 bits per heavy atom. The molecule has 0 spiro atoms. The molecule has 0 saturated heterocycles. The molecule has 0 unspecified atom stereocenters. The van der Waals surface area contributed by atoms with Gasteiger partial charge in [-0.15, -0.1) is 0 Å². The van der Waals surface area contributed by atoms with Crippen LogP contribution in [0.25, 0.3) is 0 Å². The van der Waals surface area contributed by atoms with Crippen LogP contribution in [0.15, 0.2) is 42.5 Å². The molecule has 118 valence electrons. The van der Waals surface area contributed by atoms with E-state index in [0.717, 1.165) is 0 Å². The van der Waals surface area contributed by atoms with Crippen molar-refractivity contribution in [2.75, 3.05) is 13.7 Å². The normalized spacial score (nSPS) is 11.7. The standard InChI is InChI=1S/C16H19NO5/c1-12(18)22-11-7-6-10-14(16(20)21-2)17-15(19)13-8-4-3-5-9-13/h3-9,14H,10-11H2,1-2H3,(H,17,19)/t14-/m0/s1. The lowest BCUT2D eigenvalue weighted by molar-refractivity contribution is -0.143. The smallest absolute Gasteiger partial charge is 0.328 e. The van der Waals surface area contributed by atoms with Crippen LogP contribution in [0.4, 0.5) is 0 Å². The SMILES string of the molecule is COC(=O)[C@H](CC=CCOC(C)=O)NC(=O)c1ccccc1. The molecule has 0 fully saturated rings. The van der Waals surface area contributed by atoms with E-state index in [4.69, 9.17) is 4.74 Å². The lowest BCUT2D eigenvalue weighted by Gasteiger charge is -2.14. The minimum absolute atomic E-state index is 0.121. The number of methoxy groups -OCH3 is 1. The third kappa shape index (κ3) is 6.21. The highest BCUT2D eigenvalue weighted by molar-refractivity contribution is 5.96. The minimum Gasteiger partial charge on any atom is -0.467 e. The fourth-order valence-corrected chi connectivity index (χ4v) is 1.65. The summed E-state index contributed by atoms with van der Waals surface area (Å²) in [6.45, 7) is 1.43. The largest absolute Gasteiger partial charge is 0.467 e. The van der Waals surface area contributed by atoms with Crippen LogP contribution >= 0.6 is 0 Å². The molecule has 1 rings (SSSR count). The molecule has 22 heavy (non-hydrogen) atoms. The molecule has 0 bridgehead atoms. The van der Waals surface area contributed by atoms with Crippen molar-refractivity contribution >= 4 is 17.8 Å². The molecule has 1 amide bonds. The van der Waals surface area contributed by atoms with Crippen molar-refractivity contribution in [2.45, 2.75) is 19.4 Å². The molecule has 0 radical (unpaired) electrons. The van der Waals surface area contributed by atoms with E-state index in [-0.39, 0.29) is 24.9 Å². The molecular weight excluding hydrogens is 286 g/mol. The molecule has 0 aliphatic rings. The summed E-state index contributed by atoms with van der Waals surface area (Å²) in [5.41, 5.74) is 0.459. The Morgan fingerprint density at radius 3 is 2.45 bits per heavy atom. The van der Waals surface area contributed by atoms with Crippen LogP contribution < -0.4 is 5.32 Å². The van der Waals surface area contributed by atoms with Gasteiger partial charge in [0.1, 0.15) is 12.6 Å². The van der Waals surface area contributed by atoms with Crippen molar-refractivity contribution in [2.24, 2.45) is 0 Å². The zero-order valence-corrected chi connectivity index (χ0v) is 12.6. The van der Waals surface area contributed by atoms with E-state index in [2.05, 4.69) is 10.1 Å². The first-order valence-corrected chi connectivity index (χ1v) is 6.76. The second kappa shape index (κ2) is 9.33. The lowest BCUT2D eigenvalue weighted by Crippen LogP contribution is -2.41. The van der Waals surface area contributed by atoms with Gasteiger partial charge in [0.05, 0.1) is 7.11 Å². The van der Waals surface area contributed by atoms with Gasteiger partial charge in [-0.05, 0) is 18.6 Å². The number of carbonyl (C=O) groups excluding carboxylic acids is 3. The molecule has 1 aromatic rings. The maximum Gasteiger partial charge on any atom is 0.328 e. The van der Waals surface area contributed by atoms with Gasteiger partial charge in [-0.3, -0.25) is 9.59 Å². The Labute approximate surface area is 129 Å². The van der Waals surface area contributed by atoms with E-state index in [1.807, 2.05) is 0 Å². The number of rotatable bonds is 7. The number of hydrogen-bond acceptors (Lipinski definition) is 5. The first kappa shape index (κ1) is 17.4. The highest BCUT2D eigenvalue weighted by Gasteiger charge is 2.20. The van der Waals surface area contributed by atoms with Crippen LogP contribution in [0, 0.1) is 0 Å². The molecule has 1 N–H and O–H groups in total. The van der Waals surface area contributed by atoms with E-state index in [1.165, 1.54) is 14.0 Å². The van der Waals surface area contributed by atoms with Crippen LogP contribution in [-0.4, -0.2) is 37.6 Å². The third-order valence-electron chi connectivity index (χ3n) is 2.75. The average molecular weight is 305 g/mol. The number of hydrogen-bond donors (Lipinski definition) is 1. The first-order chi connectivity index (χ1) is 10.5. The van der Waals surface area contributed by atoms with Crippen molar-refractivity contribution < 1.29 is 23.9 Å². The van der Waals surface area contributed by atoms with Crippen LogP contribution in [0.1, 0.15) is 23.7 Å². The van der Waals surface area contributed by atoms with Crippen LogP contribution in [-0.2, 0) is 19.1 Å². The van der Waals surface area contributed by atoms with Gasteiger partial charge < -0.3 is 14.8 Å². The van der Waals surface area contributed by atoms with E-state index in [9.17, 15) is 14.4 Å². The van der Waals surface area contributed by atoms with Gasteiger partial charge in [-0.1, -0.05) is 30.4 Å². The Kier molecular flexibility index (Phi) is 7.39. The summed E-state index contributed by atoms with van der Waals surface area (Å²) in [7, 11) is 1.26. The van der Waals surface area contributed by atoms with Gasteiger partial charge in [0.2, 0.25) is 0 Å². The van der Waals surface area contributed by atoms with E-state index in [0.29, 0.717) is 5.56 Å². The minimum atomic E-state index is -0.800. The topological polar surface area (TPSA) is 81.7 Å². The van der Waals surface area contributed by atoms with Crippen molar-refractivity contribution in [1.29, 1.82) is 0 Å². The first-order valence-electron chi connectivity index (χ1n) is 6.76. The van der Waals surface area contributed by atoms with Gasteiger partial charge in [0.25, 0.3) is 5.91 Å². The van der Waals surface area contributed by atoms with Crippen molar-refractivity contribution in [1.82, 2.24) is 5.32 Å². The molecule has 0 aliphatic carbocycles. The molecule has 1 atom stereocenters. The molecular formula is C16H19NO5. The van der Waals surface area contributed by atoms with Gasteiger partial charge in [-0.25, -0.2) is 4.79 Å². The Balaban J connectivity index is 2.59. The summed E-state index contributed by atoms with van der Waals surface area (Å²) in [6.07, 6.45) is 3.49. The third-order valence-corrected chi connectivity index (χ3v) is 2.75. The van der Waals surface area contributed by atoms with Gasteiger partial charge in [0.15, 0.2) is 0 Å². The lowest BCUT2D eigenvalue weighted by atomic mass is 10.1. The summed E-state index contributed by atoms with van der Waals surface area (Å²) >= 11 is 0. The quantitative estimate of drug-likeness (QED) is 0.609. The molecule has 6 nitrogen and oxygen atoms in total. The summed E-state index contributed by atoms with van der Waals surface area (Å²) in [4.78, 5) is 34.3. The van der Waals surface area contributed by atoms with Crippen molar-refractivity contribution in [3.05, 3.63) is 48.0 Å². The Hall–Kier alpha value is -2.63. The highest BCUT2D eigenvalue weighted by Crippen LogP contribution is 2.02. The number of carbonyl (C=O) groups is 3.